The van der Waals surface area contributed by atoms with Gasteiger partial charge >= 0.3 is 5.97 Å². The molecule has 4 aliphatic rings. The van der Waals surface area contributed by atoms with Crippen LogP contribution in [0, 0.1) is 0 Å². The molecule has 0 amide bonds. The number of nitrogens with zero attached hydrogens (tertiary/aromatic N) is 1. The summed E-state index contributed by atoms with van der Waals surface area (Å²) >= 11 is 0. The van der Waals surface area contributed by atoms with Gasteiger partial charge in [0.1, 0.15) is 5.76 Å². The van der Waals surface area contributed by atoms with Crippen LogP contribution >= 0.6 is 0 Å². The van der Waals surface area contributed by atoms with E-state index < -0.39 is 17.1 Å². The summed E-state index contributed by atoms with van der Waals surface area (Å²) in [5.41, 5.74) is 0.664. The smallest absolute Gasteiger partial charge is 0.310 e. The van der Waals surface area contributed by atoms with Crippen LogP contribution in [-0.4, -0.2) is 54.4 Å². The molecular formula is C36H53NO5. The van der Waals surface area contributed by atoms with E-state index in [4.69, 9.17) is 14.2 Å². The first kappa shape index (κ1) is 31.1. The maximum Gasteiger partial charge on any atom is 0.310 e. The number of carbonyl (C=O) groups excluding carboxylic acids is 1. The molecule has 1 fully saturated rings. The minimum Gasteiger partial charge on any atom is -0.493 e. The third kappa shape index (κ3) is 5.91. The van der Waals surface area contributed by atoms with Crippen LogP contribution in [0.15, 0.2) is 36.1 Å². The first-order valence-corrected chi connectivity index (χ1v) is 16.8. The number of esters is 1. The van der Waals surface area contributed by atoms with Gasteiger partial charge in [-0.15, -0.1) is 0 Å². The van der Waals surface area contributed by atoms with E-state index in [1.54, 1.807) is 7.11 Å². The Morgan fingerprint density at radius 1 is 1.05 bits per heavy atom. The van der Waals surface area contributed by atoms with Crippen LogP contribution in [0.3, 0.4) is 0 Å². The molecule has 0 saturated carbocycles. The van der Waals surface area contributed by atoms with Crippen LogP contribution in [0.1, 0.15) is 121 Å². The van der Waals surface area contributed by atoms with Crippen molar-refractivity contribution in [3.63, 3.8) is 0 Å². The van der Waals surface area contributed by atoms with E-state index in [9.17, 15) is 9.90 Å². The van der Waals surface area contributed by atoms with Gasteiger partial charge in [0.15, 0.2) is 17.6 Å². The Bertz CT molecular complexity index is 1140. The topological polar surface area (TPSA) is 68.2 Å². The molecule has 0 radical (unpaired) electrons. The largest absolute Gasteiger partial charge is 0.493 e. The van der Waals surface area contributed by atoms with E-state index in [1.807, 2.05) is 12.1 Å². The van der Waals surface area contributed by atoms with E-state index >= 15 is 0 Å². The Morgan fingerprint density at radius 3 is 2.45 bits per heavy atom. The van der Waals surface area contributed by atoms with Crippen molar-refractivity contribution in [2.75, 3.05) is 20.7 Å². The Morgan fingerprint density at radius 2 is 1.74 bits per heavy atom. The average molecular weight is 580 g/mol. The molecule has 4 atom stereocenters. The number of likely N-dealkylation sites (N-methyl/N-ethyl adjacent to an activating group) is 1. The predicted molar refractivity (Wildman–Crippen MR) is 167 cm³/mol. The van der Waals surface area contributed by atoms with Gasteiger partial charge in [-0.25, -0.2) is 0 Å². The van der Waals surface area contributed by atoms with Gasteiger partial charge in [0.05, 0.1) is 18.1 Å². The molecule has 1 spiro atoms. The number of benzene rings is 1. The fraction of sp³-hybridized carbons (Fsp3) is 0.694. The summed E-state index contributed by atoms with van der Waals surface area (Å²) in [5, 5.41) is 12.3. The number of rotatable bonds is 17. The van der Waals surface area contributed by atoms with Gasteiger partial charge in [-0.3, -0.25) is 4.79 Å². The van der Waals surface area contributed by atoms with Gasteiger partial charge in [0, 0.05) is 24.4 Å². The number of carbonyl (C=O) groups is 1. The zero-order valence-corrected chi connectivity index (χ0v) is 26.3. The highest BCUT2D eigenvalue weighted by atomic mass is 16.6. The highest BCUT2D eigenvalue weighted by Crippen LogP contribution is 2.65. The Balaban J connectivity index is 1.07. The summed E-state index contributed by atoms with van der Waals surface area (Å²) in [6.45, 7) is 3.13. The third-order valence-electron chi connectivity index (χ3n) is 10.4. The average Bonchev–Trinajstić information content (AvgIpc) is 3.34. The first-order valence-electron chi connectivity index (χ1n) is 16.8. The molecule has 1 unspecified atom stereocenters. The molecule has 232 valence electrons. The highest BCUT2D eigenvalue weighted by molar-refractivity contribution is 5.72. The van der Waals surface area contributed by atoms with Crippen molar-refractivity contribution in [1.29, 1.82) is 0 Å². The SMILES string of the molecule is CCCCCCCCC=CCCCCCCCC(=O)OC1=CC[C@]2(O)C3Cc4ccc(OC)c5c4[C@@]2(CCN3C)[C@H]1O5. The van der Waals surface area contributed by atoms with Gasteiger partial charge in [-0.2, -0.15) is 0 Å². The van der Waals surface area contributed by atoms with Gasteiger partial charge in [-0.05, 0) is 76.2 Å². The fourth-order valence-electron chi connectivity index (χ4n) is 8.11. The van der Waals surface area contributed by atoms with Crippen molar-refractivity contribution in [2.24, 2.45) is 0 Å². The van der Waals surface area contributed by atoms with E-state index in [0.29, 0.717) is 30.1 Å². The van der Waals surface area contributed by atoms with Crippen LogP contribution in [0.4, 0.5) is 0 Å². The molecule has 2 aliphatic carbocycles. The highest BCUT2D eigenvalue weighted by Gasteiger charge is 2.72. The quantitative estimate of drug-likeness (QED) is 0.117. The van der Waals surface area contributed by atoms with Crippen LogP contribution < -0.4 is 9.47 Å². The monoisotopic (exact) mass is 579 g/mol. The standard InChI is InChI=1S/C36H53NO5/c1-4-5-6-7-8-9-10-11-12-13-14-15-16-17-18-19-31(38)41-29-22-23-36(39)30-26-27-20-21-28(40-3)33-32(27)35(36,34(29)42-33)24-25-37(30)2/h11-12,20-22,30,34,39H,4-10,13-19,23-26H2,1-3H3/t30?,34-,35-,36-/m0/s1. The molecule has 6 nitrogen and oxygen atoms in total. The molecule has 42 heavy (non-hydrogen) atoms. The zero-order chi connectivity index (χ0) is 29.6. The Kier molecular flexibility index (Phi) is 10.4. The maximum absolute atomic E-state index is 13.0. The number of hydrogen-bond donors (Lipinski definition) is 1. The molecule has 1 N–H and O–H groups in total. The number of aliphatic hydroxyl groups is 1. The van der Waals surface area contributed by atoms with E-state index in [1.165, 1.54) is 63.4 Å². The lowest BCUT2D eigenvalue weighted by atomic mass is 9.50. The second kappa shape index (κ2) is 14.0. The lowest BCUT2D eigenvalue weighted by molar-refractivity contribution is -0.169. The summed E-state index contributed by atoms with van der Waals surface area (Å²) < 4.78 is 18.3. The number of hydrogen-bond acceptors (Lipinski definition) is 6. The fourth-order valence-corrected chi connectivity index (χ4v) is 8.11. The van der Waals surface area contributed by atoms with Crippen molar-refractivity contribution in [3.05, 3.63) is 47.2 Å². The van der Waals surface area contributed by atoms with Crippen molar-refractivity contribution in [1.82, 2.24) is 4.90 Å². The van der Waals surface area contributed by atoms with Crippen molar-refractivity contribution >= 4 is 5.97 Å². The van der Waals surface area contributed by atoms with Gasteiger partial charge in [-0.1, -0.05) is 76.5 Å². The molecule has 5 rings (SSSR count). The number of piperidine rings is 1. The molecule has 1 aromatic rings. The van der Waals surface area contributed by atoms with E-state index in [0.717, 1.165) is 50.6 Å². The minimum absolute atomic E-state index is 0.00601. The van der Waals surface area contributed by atoms with Crippen molar-refractivity contribution < 1.29 is 24.1 Å². The molecule has 0 aromatic heterocycles. The van der Waals surface area contributed by atoms with Crippen molar-refractivity contribution in [2.45, 2.75) is 139 Å². The number of unbranched alkanes of at least 4 members (excludes halogenated alkanes) is 11. The lowest BCUT2D eigenvalue weighted by Crippen LogP contribution is -2.74. The second-order valence-electron chi connectivity index (χ2n) is 13.1. The molecule has 2 aliphatic heterocycles. The molecule has 1 saturated heterocycles. The van der Waals surface area contributed by atoms with Gasteiger partial charge in [0.25, 0.3) is 0 Å². The number of allylic oxidation sites excluding steroid dienone is 2. The summed E-state index contributed by atoms with van der Waals surface area (Å²) in [6, 6.07) is 4.08. The van der Waals surface area contributed by atoms with Gasteiger partial charge in [0.2, 0.25) is 0 Å². The van der Waals surface area contributed by atoms with E-state index in [2.05, 4.69) is 37.1 Å². The Labute approximate surface area is 253 Å². The van der Waals surface area contributed by atoms with Crippen LogP contribution in [-0.2, 0) is 21.4 Å². The molecular weight excluding hydrogens is 526 g/mol. The normalized spacial score (nSPS) is 27.5. The number of ether oxygens (including phenoxy) is 3. The third-order valence-corrected chi connectivity index (χ3v) is 10.4. The molecule has 6 heteroatoms. The Hall–Kier alpha value is -2.31. The van der Waals surface area contributed by atoms with Crippen LogP contribution in [0.25, 0.3) is 0 Å². The summed E-state index contributed by atoms with van der Waals surface area (Å²) in [4.78, 5) is 15.3. The zero-order valence-electron chi connectivity index (χ0n) is 26.3. The molecule has 1 aromatic carbocycles. The lowest BCUT2D eigenvalue weighted by Gasteiger charge is -2.61. The van der Waals surface area contributed by atoms with E-state index in [-0.39, 0.29) is 12.0 Å². The predicted octanol–water partition coefficient (Wildman–Crippen LogP) is 7.55. The second-order valence-corrected chi connectivity index (χ2v) is 13.1. The first-order chi connectivity index (χ1) is 20.5. The summed E-state index contributed by atoms with van der Waals surface area (Å²) in [5.74, 6) is 1.75. The minimum atomic E-state index is -0.978. The van der Waals surface area contributed by atoms with Gasteiger partial charge < -0.3 is 24.2 Å². The van der Waals surface area contributed by atoms with Crippen LogP contribution in [0.2, 0.25) is 0 Å². The molecule has 2 bridgehead atoms. The van der Waals surface area contributed by atoms with Crippen LogP contribution in [0.5, 0.6) is 11.5 Å². The number of methoxy groups -OCH3 is 1. The summed E-state index contributed by atoms with van der Waals surface area (Å²) in [7, 11) is 3.75. The van der Waals surface area contributed by atoms with Crippen molar-refractivity contribution in [3.8, 4) is 11.5 Å². The molecule has 2 heterocycles. The maximum atomic E-state index is 13.0. The number of likely N-dealkylation sites (tertiary alicyclic amines) is 1. The summed E-state index contributed by atoms with van der Waals surface area (Å²) in [6.07, 6.45) is 24.5.